The van der Waals surface area contributed by atoms with E-state index in [2.05, 4.69) is 0 Å². The Bertz CT molecular complexity index is 88.5. The molecule has 0 spiro atoms. The lowest BCUT2D eigenvalue weighted by molar-refractivity contribution is -0.123. The van der Waals surface area contributed by atoms with Crippen LogP contribution >= 0.6 is 0 Å². The number of hydrogen-bond acceptors (Lipinski definition) is 1. The van der Waals surface area contributed by atoms with Crippen LogP contribution in [0.4, 0.5) is 4.39 Å². The van der Waals surface area contributed by atoms with Crippen LogP contribution in [0, 0.1) is 5.92 Å². The predicted molar refractivity (Wildman–Crippen MR) is 30.4 cm³/mol. The second-order valence-corrected chi connectivity index (χ2v) is 2.26. The van der Waals surface area contributed by atoms with Crippen LogP contribution < -0.4 is 0 Å². The van der Waals surface area contributed by atoms with Crippen LogP contribution in [0.2, 0.25) is 0 Å². The summed E-state index contributed by atoms with van der Waals surface area (Å²) in [5, 5.41) is 0. The first-order chi connectivity index (χ1) is 3.55. The molecule has 0 saturated heterocycles. The molecule has 0 aliphatic carbocycles. The molecular weight excluding hydrogens is 107 g/mol. The first-order valence-corrected chi connectivity index (χ1v) is 2.70. The minimum absolute atomic E-state index is 0.174. The molecule has 2 heteroatoms. The van der Waals surface area contributed by atoms with E-state index in [0.29, 0.717) is 0 Å². The summed E-state index contributed by atoms with van der Waals surface area (Å²) >= 11 is 0. The predicted octanol–water partition coefficient (Wildman–Crippen LogP) is 1.57. The average Bonchev–Trinajstić information content (AvgIpc) is 1.64. The molecule has 8 heavy (non-hydrogen) atoms. The maximum Gasteiger partial charge on any atom is 0.164 e. The molecular formula is C6H11FO. The van der Waals surface area contributed by atoms with Gasteiger partial charge in [0.25, 0.3) is 0 Å². The summed E-state index contributed by atoms with van der Waals surface area (Å²) in [4.78, 5) is 10.2. The maximum atomic E-state index is 12.3. The van der Waals surface area contributed by atoms with Gasteiger partial charge in [-0.1, -0.05) is 13.8 Å². The van der Waals surface area contributed by atoms with Gasteiger partial charge in [-0.3, -0.25) is 4.79 Å². The normalized spacial score (nSPS) is 14.1. The highest BCUT2D eigenvalue weighted by Gasteiger charge is 2.15. The van der Waals surface area contributed by atoms with Gasteiger partial charge in [0.1, 0.15) is 0 Å². The summed E-state index contributed by atoms with van der Waals surface area (Å²) in [5.41, 5.74) is 0. The average molecular weight is 118 g/mol. The Morgan fingerprint density at radius 2 is 1.88 bits per heavy atom. The van der Waals surface area contributed by atoms with E-state index >= 15 is 0 Å². The molecule has 48 valence electrons. The zero-order valence-electron chi connectivity index (χ0n) is 5.44. The van der Waals surface area contributed by atoms with Crippen molar-refractivity contribution in [3.05, 3.63) is 0 Å². The SMILES string of the molecule is CC(=O)C(F)C(C)C. The number of alkyl halides is 1. The smallest absolute Gasteiger partial charge is 0.164 e. The van der Waals surface area contributed by atoms with Crippen molar-refractivity contribution in [2.75, 3.05) is 0 Å². The molecule has 0 N–H and O–H groups in total. The molecule has 0 aromatic rings. The molecule has 0 rings (SSSR count). The minimum atomic E-state index is -1.27. The fourth-order valence-electron chi connectivity index (χ4n) is 0.469. The summed E-state index contributed by atoms with van der Waals surface area (Å²) in [7, 11) is 0. The first-order valence-electron chi connectivity index (χ1n) is 2.70. The van der Waals surface area contributed by atoms with Crippen molar-refractivity contribution < 1.29 is 9.18 Å². The van der Waals surface area contributed by atoms with Crippen LogP contribution in [0.3, 0.4) is 0 Å². The molecule has 0 aliphatic heterocycles. The van der Waals surface area contributed by atoms with Crippen molar-refractivity contribution >= 4 is 5.78 Å². The maximum absolute atomic E-state index is 12.3. The highest BCUT2D eigenvalue weighted by Crippen LogP contribution is 2.05. The number of ketones is 1. The van der Waals surface area contributed by atoms with E-state index in [1.165, 1.54) is 6.92 Å². The molecule has 0 bridgehead atoms. The van der Waals surface area contributed by atoms with Crippen molar-refractivity contribution in [1.82, 2.24) is 0 Å². The standard InChI is InChI=1S/C6H11FO/c1-4(2)6(7)5(3)8/h4,6H,1-3H3. The Hall–Kier alpha value is -0.400. The van der Waals surface area contributed by atoms with Gasteiger partial charge in [-0.2, -0.15) is 0 Å². The Morgan fingerprint density at radius 1 is 1.50 bits per heavy atom. The lowest BCUT2D eigenvalue weighted by Gasteiger charge is -2.05. The van der Waals surface area contributed by atoms with Gasteiger partial charge in [0.2, 0.25) is 0 Å². The monoisotopic (exact) mass is 118 g/mol. The van der Waals surface area contributed by atoms with E-state index in [1.807, 2.05) is 0 Å². The minimum Gasteiger partial charge on any atom is -0.297 e. The summed E-state index contributed by atoms with van der Waals surface area (Å²) < 4.78 is 12.3. The lowest BCUT2D eigenvalue weighted by Crippen LogP contribution is -2.17. The second-order valence-electron chi connectivity index (χ2n) is 2.26. The Kier molecular flexibility index (Phi) is 2.66. The summed E-state index contributed by atoms with van der Waals surface area (Å²) in [6, 6.07) is 0. The largest absolute Gasteiger partial charge is 0.297 e. The molecule has 1 atom stereocenters. The molecule has 0 amide bonds. The van der Waals surface area contributed by atoms with Crippen LogP contribution in [0.15, 0.2) is 0 Å². The third-order valence-corrected chi connectivity index (χ3v) is 0.974. The third kappa shape index (κ3) is 2.05. The molecule has 0 radical (unpaired) electrons. The number of halogens is 1. The zero-order valence-corrected chi connectivity index (χ0v) is 5.44. The third-order valence-electron chi connectivity index (χ3n) is 0.974. The van der Waals surface area contributed by atoms with Gasteiger partial charge in [0, 0.05) is 0 Å². The lowest BCUT2D eigenvalue weighted by atomic mass is 10.1. The van der Waals surface area contributed by atoms with Crippen LogP contribution in [-0.2, 0) is 4.79 Å². The molecule has 0 aliphatic rings. The van der Waals surface area contributed by atoms with E-state index < -0.39 is 6.17 Å². The first kappa shape index (κ1) is 7.60. The second kappa shape index (κ2) is 2.80. The molecule has 1 nitrogen and oxygen atoms in total. The highest BCUT2D eigenvalue weighted by atomic mass is 19.1. The van der Waals surface area contributed by atoms with Crippen LogP contribution in [0.1, 0.15) is 20.8 Å². The van der Waals surface area contributed by atoms with Gasteiger partial charge in [-0.15, -0.1) is 0 Å². The molecule has 1 unspecified atom stereocenters. The van der Waals surface area contributed by atoms with E-state index in [4.69, 9.17) is 0 Å². The fraction of sp³-hybridized carbons (Fsp3) is 0.833. The van der Waals surface area contributed by atoms with Gasteiger partial charge in [-0.05, 0) is 12.8 Å². The van der Waals surface area contributed by atoms with Gasteiger partial charge in [0.05, 0.1) is 0 Å². The summed E-state index contributed by atoms with van der Waals surface area (Å²) in [6.45, 7) is 4.64. The van der Waals surface area contributed by atoms with Crippen LogP contribution in [0.25, 0.3) is 0 Å². The Labute approximate surface area is 48.9 Å². The van der Waals surface area contributed by atoms with E-state index in [1.54, 1.807) is 13.8 Å². The van der Waals surface area contributed by atoms with Gasteiger partial charge in [-0.25, -0.2) is 4.39 Å². The van der Waals surface area contributed by atoms with Crippen LogP contribution in [-0.4, -0.2) is 12.0 Å². The van der Waals surface area contributed by atoms with Gasteiger partial charge >= 0.3 is 0 Å². The van der Waals surface area contributed by atoms with Gasteiger partial charge in [0.15, 0.2) is 12.0 Å². The van der Waals surface area contributed by atoms with E-state index in [-0.39, 0.29) is 11.7 Å². The highest BCUT2D eigenvalue weighted by molar-refractivity contribution is 5.80. The summed E-state index contributed by atoms with van der Waals surface area (Å²) in [6.07, 6.45) is -1.27. The van der Waals surface area contributed by atoms with E-state index in [9.17, 15) is 9.18 Å². The number of carbonyl (C=O) groups is 1. The van der Waals surface area contributed by atoms with Crippen molar-refractivity contribution in [1.29, 1.82) is 0 Å². The molecule has 0 saturated carbocycles. The van der Waals surface area contributed by atoms with Crippen molar-refractivity contribution in [2.24, 2.45) is 5.92 Å². The Balaban J connectivity index is 3.64. The fourth-order valence-corrected chi connectivity index (χ4v) is 0.469. The Morgan fingerprint density at radius 3 is 1.88 bits per heavy atom. The molecule has 0 aromatic carbocycles. The molecule has 0 aromatic heterocycles. The number of carbonyl (C=O) groups excluding carboxylic acids is 1. The number of rotatable bonds is 2. The number of Topliss-reactive ketones (excluding diaryl/α,β-unsaturated/α-hetero) is 1. The van der Waals surface area contributed by atoms with Crippen molar-refractivity contribution in [3.8, 4) is 0 Å². The van der Waals surface area contributed by atoms with E-state index in [0.717, 1.165) is 0 Å². The zero-order chi connectivity index (χ0) is 6.73. The topological polar surface area (TPSA) is 17.1 Å². The summed E-state index contributed by atoms with van der Waals surface area (Å²) in [5.74, 6) is -0.549. The molecule has 0 heterocycles. The van der Waals surface area contributed by atoms with Crippen LogP contribution in [0.5, 0.6) is 0 Å². The molecule has 0 fully saturated rings. The van der Waals surface area contributed by atoms with Gasteiger partial charge < -0.3 is 0 Å². The quantitative estimate of drug-likeness (QED) is 0.538. The van der Waals surface area contributed by atoms with Crippen molar-refractivity contribution in [3.63, 3.8) is 0 Å². The van der Waals surface area contributed by atoms with Crippen molar-refractivity contribution in [2.45, 2.75) is 26.9 Å². The number of hydrogen-bond donors (Lipinski definition) is 0.